The highest BCUT2D eigenvalue weighted by Gasteiger charge is 2.46. The first-order valence-electron chi connectivity index (χ1n) is 16.2. The van der Waals surface area contributed by atoms with E-state index >= 15 is 0 Å². The van der Waals surface area contributed by atoms with E-state index < -0.39 is 0 Å². The van der Waals surface area contributed by atoms with E-state index in [-0.39, 0.29) is 27.9 Å². The van der Waals surface area contributed by atoms with E-state index in [4.69, 9.17) is 27.9 Å². The molecule has 2 aliphatic rings. The van der Waals surface area contributed by atoms with Crippen LogP contribution in [0.4, 0.5) is 5.95 Å². The summed E-state index contributed by atoms with van der Waals surface area (Å²) in [6.07, 6.45) is 19.8. The Balaban J connectivity index is 0.000000152. The molecule has 2 fully saturated rings. The fourth-order valence-electron chi connectivity index (χ4n) is 5.01. The molecule has 260 valence electrons. The standard InChI is InChI=1S/C19H14N6O.C12H6ClN3O.C7H9N3/c20-9-13-2-1-3-14(8-13)17(26)15-10-23-18(24-11-15)25-19(4-5-19)16-12-21-6-7-22-16;13-12-15-6-10(7-16-12)11(17)9-3-1-2-8(4-9)5-14;8-7(1-2-7)6-5-9-3-4-10-6/h1-3,6-8,10-12H,4-5H2,(H,23,24,25);1-4,6-7H;3-5H,1-2,8H2. The molecule has 8 rings (SSSR count). The summed E-state index contributed by atoms with van der Waals surface area (Å²) in [5.41, 5.74) is 9.69. The maximum atomic E-state index is 12.5. The van der Waals surface area contributed by atoms with Crippen LogP contribution < -0.4 is 11.1 Å². The number of nitriles is 2. The van der Waals surface area contributed by atoms with E-state index in [2.05, 4.69) is 45.2 Å². The number of benzene rings is 2. The van der Waals surface area contributed by atoms with Gasteiger partial charge in [-0.1, -0.05) is 24.3 Å². The smallest absolute Gasteiger partial charge is 0.223 e. The number of anilines is 1. The number of rotatable bonds is 8. The van der Waals surface area contributed by atoms with E-state index in [0.29, 0.717) is 39.3 Å². The Labute approximate surface area is 308 Å². The molecule has 14 nitrogen and oxygen atoms in total. The third kappa shape index (κ3) is 9.08. The highest BCUT2D eigenvalue weighted by atomic mass is 35.5. The second-order valence-electron chi connectivity index (χ2n) is 12.1. The molecule has 2 aromatic carbocycles. The predicted molar refractivity (Wildman–Crippen MR) is 192 cm³/mol. The lowest BCUT2D eigenvalue weighted by atomic mass is 10.0. The molecule has 0 radical (unpaired) electrons. The molecule has 15 heteroatoms. The average molecular weight is 721 g/mol. The Morgan fingerprint density at radius 1 is 0.642 bits per heavy atom. The van der Waals surface area contributed by atoms with Crippen molar-refractivity contribution in [3.8, 4) is 12.1 Å². The molecule has 2 saturated carbocycles. The van der Waals surface area contributed by atoms with Crippen LogP contribution in [0.3, 0.4) is 0 Å². The van der Waals surface area contributed by atoms with Gasteiger partial charge in [-0.05, 0) is 61.5 Å². The Kier molecular flexibility index (Phi) is 10.8. The normalized spacial score (nSPS) is 14.0. The van der Waals surface area contributed by atoms with Crippen molar-refractivity contribution in [2.45, 2.75) is 36.8 Å². The second kappa shape index (κ2) is 16.0. The topological polar surface area (TPSA) is 223 Å². The highest BCUT2D eigenvalue weighted by Crippen LogP contribution is 2.46. The van der Waals surface area contributed by atoms with E-state index in [1.165, 1.54) is 30.9 Å². The van der Waals surface area contributed by atoms with Crippen molar-refractivity contribution >= 4 is 29.1 Å². The molecule has 53 heavy (non-hydrogen) atoms. The third-order valence-electron chi connectivity index (χ3n) is 8.32. The summed E-state index contributed by atoms with van der Waals surface area (Å²) < 4.78 is 0. The van der Waals surface area contributed by atoms with Gasteiger partial charge in [0.2, 0.25) is 11.2 Å². The number of nitrogens with one attached hydrogen (secondary N) is 1. The van der Waals surface area contributed by atoms with Crippen molar-refractivity contribution in [3.05, 3.63) is 161 Å². The summed E-state index contributed by atoms with van der Waals surface area (Å²) in [5.74, 6) is -0.0158. The van der Waals surface area contributed by atoms with Gasteiger partial charge in [0.05, 0.1) is 69.3 Å². The number of halogens is 1. The van der Waals surface area contributed by atoms with Gasteiger partial charge in [0.25, 0.3) is 0 Å². The predicted octanol–water partition coefficient (Wildman–Crippen LogP) is 5.13. The molecular formula is C38H29ClN12O2. The minimum Gasteiger partial charge on any atom is -0.343 e. The molecule has 4 aromatic heterocycles. The van der Waals surface area contributed by atoms with Crippen molar-refractivity contribution in [1.82, 2.24) is 39.9 Å². The van der Waals surface area contributed by atoms with E-state index in [9.17, 15) is 9.59 Å². The largest absolute Gasteiger partial charge is 0.343 e. The summed E-state index contributed by atoms with van der Waals surface area (Å²) in [6, 6.07) is 17.0. The minimum absolute atomic E-state index is 0.0901. The fraction of sp³-hybridized carbons (Fsp3) is 0.158. The van der Waals surface area contributed by atoms with Crippen LogP contribution in [-0.2, 0) is 11.1 Å². The molecule has 6 aromatic rings. The Bertz CT molecular complexity index is 2300. The van der Waals surface area contributed by atoms with Crippen molar-refractivity contribution < 1.29 is 9.59 Å². The van der Waals surface area contributed by atoms with Gasteiger partial charge in [-0.2, -0.15) is 10.5 Å². The summed E-state index contributed by atoms with van der Waals surface area (Å²) in [5, 5.41) is 21.1. The zero-order valence-electron chi connectivity index (χ0n) is 28.0. The van der Waals surface area contributed by atoms with Crippen LogP contribution in [0.1, 0.15) is 80.0 Å². The van der Waals surface area contributed by atoms with Crippen LogP contribution in [0.2, 0.25) is 5.28 Å². The summed E-state index contributed by atoms with van der Waals surface area (Å²) in [4.78, 5) is 57.0. The maximum Gasteiger partial charge on any atom is 0.223 e. The average Bonchev–Trinajstić information content (AvgIpc) is 4.17. The van der Waals surface area contributed by atoms with Gasteiger partial charge >= 0.3 is 0 Å². The molecule has 0 saturated heterocycles. The first-order valence-corrected chi connectivity index (χ1v) is 16.6. The molecule has 2 aliphatic carbocycles. The lowest BCUT2D eigenvalue weighted by Crippen LogP contribution is -2.22. The zero-order chi connectivity index (χ0) is 37.3. The number of ketones is 2. The first-order chi connectivity index (χ1) is 25.7. The quantitative estimate of drug-likeness (QED) is 0.154. The summed E-state index contributed by atoms with van der Waals surface area (Å²) in [6.45, 7) is 0. The van der Waals surface area contributed by atoms with Gasteiger partial charge in [0.1, 0.15) is 0 Å². The molecule has 0 bridgehead atoms. The summed E-state index contributed by atoms with van der Waals surface area (Å²) >= 11 is 5.53. The van der Waals surface area contributed by atoms with Gasteiger partial charge in [-0.15, -0.1) is 0 Å². The van der Waals surface area contributed by atoms with E-state index in [1.54, 1.807) is 79.6 Å². The number of carbonyl (C=O) groups is 2. The number of hydrogen-bond donors (Lipinski definition) is 2. The fourth-order valence-corrected chi connectivity index (χ4v) is 5.11. The lowest BCUT2D eigenvalue weighted by Gasteiger charge is -2.16. The monoisotopic (exact) mass is 720 g/mol. The van der Waals surface area contributed by atoms with Crippen LogP contribution in [0.25, 0.3) is 0 Å². The number of carbonyl (C=O) groups excluding carboxylic acids is 2. The molecule has 0 unspecified atom stereocenters. The maximum absolute atomic E-state index is 12.5. The Hall–Kier alpha value is -6.87. The molecule has 0 amide bonds. The van der Waals surface area contributed by atoms with Gasteiger partial charge < -0.3 is 11.1 Å². The summed E-state index contributed by atoms with van der Waals surface area (Å²) in [7, 11) is 0. The molecule has 0 atom stereocenters. The number of nitrogens with two attached hydrogens (primary N) is 1. The Morgan fingerprint density at radius 3 is 1.57 bits per heavy atom. The van der Waals surface area contributed by atoms with Gasteiger partial charge in [0.15, 0.2) is 11.6 Å². The van der Waals surface area contributed by atoms with Crippen LogP contribution in [-0.4, -0.2) is 51.4 Å². The van der Waals surface area contributed by atoms with Crippen LogP contribution in [0.5, 0.6) is 0 Å². The van der Waals surface area contributed by atoms with Crippen molar-refractivity contribution in [2.24, 2.45) is 5.73 Å². The number of aromatic nitrogens is 8. The van der Waals surface area contributed by atoms with Crippen molar-refractivity contribution in [1.29, 1.82) is 10.5 Å². The van der Waals surface area contributed by atoms with Gasteiger partial charge in [-0.25, -0.2) is 19.9 Å². The van der Waals surface area contributed by atoms with Gasteiger partial charge in [-0.3, -0.25) is 29.5 Å². The zero-order valence-corrected chi connectivity index (χ0v) is 28.7. The number of nitrogens with zero attached hydrogens (tertiary/aromatic N) is 10. The third-order valence-corrected chi connectivity index (χ3v) is 8.52. The Morgan fingerprint density at radius 2 is 1.13 bits per heavy atom. The molecule has 3 N–H and O–H groups in total. The molecule has 0 spiro atoms. The minimum atomic E-state index is -0.277. The van der Waals surface area contributed by atoms with Crippen LogP contribution in [0, 0.1) is 22.7 Å². The SMILES string of the molecule is N#Cc1cccc(C(=O)c2cnc(Cl)nc2)c1.N#Cc1cccc(C(=O)c2cnc(NC3(c4cnccn4)CC3)nc2)c1.NC1(c2cnccn2)CC1. The number of hydrogen-bond acceptors (Lipinski definition) is 14. The lowest BCUT2D eigenvalue weighted by molar-refractivity contribution is 0.103. The second-order valence-corrected chi connectivity index (χ2v) is 12.5. The highest BCUT2D eigenvalue weighted by molar-refractivity contribution is 6.28. The molecule has 4 heterocycles. The first kappa shape index (κ1) is 35.9. The van der Waals surface area contributed by atoms with Crippen LogP contribution >= 0.6 is 11.6 Å². The molecule has 0 aliphatic heterocycles. The van der Waals surface area contributed by atoms with E-state index in [0.717, 1.165) is 37.1 Å². The van der Waals surface area contributed by atoms with Gasteiger partial charge in [0, 0.05) is 60.7 Å². The van der Waals surface area contributed by atoms with Crippen LogP contribution in [0.15, 0.2) is 110 Å². The molecular weight excluding hydrogens is 692 g/mol. The van der Waals surface area contributed by atoms with Crippen molar-refractivity contribution in [2.75, 3.05) is 5.32 Å². The van der Waals surface area contributed by atoms with Crippen molar-refractivity contribution in [3.63, 3.8) is 0 Å². The van der Waals surface area contributed by atoms with E-state index in [1.807, 2.05) is 12.1 Å².